The molecule has 1 aromatic rings. The van der Waals surface area contributed by atoms with E-state index >= 15 is 0 Å². The predicted molar refractivity (Wildman–Crippen MR) is 51.3 cm³/mol. The second kappa shape index (κ2) is 3.80. The van der Waals surface area contributed by atoms with Crippen LogP contribution in [0.15, 0.2) is 23.2 Å². The Morgan fingerprint density at radius 2 is 2.23 bits per heavy atom. The molecule has 0 bridgehead atoms. The molecular weight excluding hydrogens is 168 g/mol. The third kappa shape index (κ3) is 1.72. The van der Waals surface area contributed by atoms with Gasteiger partial charge in [-0.1, -0.05) is 6.07 Å². The van der Waals surface area contributed by atoms with Crippen LogP contribution in [-0.2, 0) is 0 Å². The summed E-state index contributed by atoms with van der Waals surface area (Å²) in [6.45, 7) is 0. The van der Waals surface area contributed by atoms with Gasteiger partial charge in [0.2, 0.25) is 0 Å². The molecule has 0 amide bonds. The molecule has 3 N–H and O–H groups in total. The fraction of sp³-hybridized carbons (Fsp3) is 0.222. The number of methoxy groups -OCH3 is 1. The second-order valence-corrected chi connectivity index (χ2v) is 2.46. The Morgan fingerprint density at radius 3 is 2.77 bits per heavy atom. The molecule has 4 heteroatoms. The smallest absolute Gasteiger partial charge is 0.133 e. The van der Waals surface area contributed by atoms with Gasteiger partial charge >= 0.3 is 0 Å². The molecule has 0 atom stereocenters. The van der Waals surface area contributed by atoms with Crippen molar-refractivity contribution in [3.63, 3.8) is 0 Å². The first kappa shape index (κ1) is 9.38. The van der Waals surface area contributed by atoms with Crippen molar-refractivity contribution >= 4 is 5.84 Å². The Hall–Kier alpha value is -1.71. The Bertz CT molecular complexity index is 334. The van der Waals surface area contributed by atoms with Gasteiger partial charge in [-0.25, -0.2) is 0 Å². The van der Waals surface area contributed by atoms with E-state index in [-0.39, 0.29) is 11.6 Å². The molecule has 1 rings (SSSR count). The van der Waals surface area contributed by atoms with E-state index in [1.54, 1.807) is 19.2 Å². The number of nitrogens with zero attached hydrogens (tertiary/aromatic N) is 1. The number of benzene rings is 1. The zero-order valence-corrected chi connectivity index (χ0v) is 7.61. The third-order valence-corrected chi connectivity index (χ3v) is 1.72. The number of hydrogen-bond donors (Lipinski definition) is 2. The van der Waals surface area contributed by atoms with E-state index in [9.17, 15) is 5.11 Å². The molecule has 0 unspecified atom stereocenters. The molecule has 0 spiro atoms. The molecule has 0 saturated heterocycles. The van der Waals surface area contributed by atoms with Crippen LogP contribution in [0.3, 0.4) is 0 Å². The summed E-state index contributed by atoms with van der Waals surface area (Å²) in [5, 5.41) is 9.48. The minimum absolute atomic E-state index is 0.0717. The number of amidine groups is 1. The van der Waals surface area contributed by atoms with Crippen LogP contribution in [0.25, 0.3) is 0 Å². The first-order chi connectivity index (χ1) is 6.20. The van der Waals surface area contributed by atoms with E-state index in [0.29, 0.717) is 11.3 Å². The summed E-state index contributed by atoms with van der Waals surface area (Å²) in [5.74, 6) is 0.848. The van der Waals surface area contributed by atoms with Crippen molar-refractivity contribution in [2.75, 3.05) is 14.2 Å². The van der Waals surface area contributed by atoms with Crippen molar-refractivity contribution in [1.29, 1.82) is 0 Å². The average Bonchev–Trinajstić information content (AvgIpc) is 2.16. The first-order valence-corrected chi connectivity index (χ1v) is 3.79. The van der Waals surface area contributed by atoms with Crippen LogP contribution in [0.5, 0.6) is 11.5 Å². The van der Waals surface area contributed by atoms with Crippen LogP contribution >= 0.6 is 0 Å². The second-order valence-electron chi connectivity index (χ2n) is 2.46. The number of phenolic OH excluding ortho intramolecular Hbond substituents is 1. The van der Waals surface area contributed by atoms with Gasteiger partial charge < -0.3 is 15.6 Å². The minimum atomic E-state index is 0.0717. The van der Waals surface area contributed by atoms with E-state index in [4.69, 9.17) is 10.5 Å². The molecule has 0 saturated carbocycles. The minimum Gasteiger partial charge on any atom is -0.507 e. The number of aliphatic imine (C=N–C) groups is 1. The fourth-order valence-electron chi connectivity index (χ4n) is 1.06. The molecule has 0 fully saturated rings. The highest BCUT2D eigenvalue weighted by molar-refractivity contribution is 6.02. The molecular formula is C9H12N2O2. The lowest BCUT2D eigenvalue weighted by Gasteiger charge is -2.08. The first-order valence-electron chi connectivity index (χ1n) is 3.79. The normalized spacial score (nSPS) is 11.4. The number of rotatable bonds is 2. The van der Waals surface area contributed by atoms with Crippen LogP contribution in [0.1, 0.15) is 5.56 Å². The quantitative estimate of drug-likeness (QED) is 0.521. The summed E-state index contributed by atoms with van der Waals surface area (Å²) in [6.07, 6.45) is 0. The van der Waals surface area contributed by atoms with Gasteiger partial charge in [-0.05, 0) is 12.1 Å². The van der Waals surface area contributed by atoms with Gasteiger partial charge in [0.25, 0.3) is 0 Å². The summed E-state index contributed by atoms with van der Waals surface area (Å²) in [4.78, 5) is 3.78. The Labute approximate surface area is 76.7 Å². The van der Waals surface area contributed by atoms with E-state index < -0.39 is 0 Å². The van der Waals surface area contributed by atoms with Crippen molar-refractivity contribution in [3.8, 4) is 11.5 Å². The van der Waals surface area contributed by atoms with Gasteiger partial charge in [0.05, 0.1) is 12.7 Å². The molecule has 70 valence electrons. The highest BCUT2D eigenvalue weighted by atomic mass is 16.5. The summed E-state index contributed by atoms with van der Waals surface area (Å²) in [5.41, 5.74) is 6.02. The van der Waals surface area contributed by atoms with E-state index in [1.807, 2.05) is 0 Å². The Balaban J connectivity index is 3.31. The van der Waals surface area contributed by atoms with E-state index in [0.717, 1.165) is 0 Å². The topological polar surface area (TPSA) is 67.8 Å². The number of phenols is 1. The maximum atomic E-state index is 9.48. The lowest BCUT2D eigenvalue weighted by molar-refractivity contribution is 0.406. The number of ether oxygens (including phenoxy) is 1. The monoisotopic (exact) mass is 180 g/mol. The van der Waals surface area contributed by atoms with Crippen molar-refractivity contribution in [2.45, 2.75) is 0 Å². The molecule has 0 aromatic heterocycles. The molecule has 1 aromatic carbocycles. The summed E-state index contributed by atoms with van der Waals surface area (Å²) in [6, 6.07) is 4.93. The van der Waals surface area contributed by atoms with Crippen LogP contribution < -0.4 is 10.5 Å². The van der Waals surface area contributed by atoms with Gasteiger partial charge in [0.15, 0.2) is 0 Å². The Morgan fingerprint density at radius 1 is 1.54 bits per heavy atom. The van der Waals surface area contributed by atoms with Crippen molar-refractivity contribution in [1.82, 2.24) is 0 Å². The molecule has 4 nitrogen and oxygen atoms in total. The maximum Gasteiger partial charge on any atom is 0.133 e. The van der Waals surface area contributed by atoms with Crippen LogP contribution in [-0.4, -0.2) is 25.1 Å². The number of nitrogens with two attached hydrogens (primary N) is 1. The predicted octanol–water partition coefficient (Wildman–Crippen LogP) is 0.736. The Kier molecular flexibility index (Phi) is 2.74. The van der Waals surface area contributed by atoms with Crippen LogP contribution in [0.4, 0.5) is 0 Å². The summed E-state index contributed by atoms with van der Waals surface area (Å²) >= 11 is 0. The zero-order chi connectivity index (χ0) is 9.84. The molecule has 0 radical (unpaired) electrons. The SMILES string of the molecule is CN=C(N)c1c(O)cccc1OC. The van der Waals surface area contributed by atoms with Crippen molar-refractivity contribution in [3.05, 3.63) is 23.8 Å². The van der Waals surface area contributed by atoms with E-state index in [1.165, 1.54) is 13.2 Å². The standard InChI is InChI=1S/C9H12N2O2/c1-11-9(10)8-6(12)4-3-5-7(8)13-2/h3-5,12H,1-2H3,(H2,10,11). The van der Waals surface area contributed by atoms with Gasteiger partial charge in [0, 0.05) is 7.05 Å². The molecule has 0 aliphatic carbocycles. The third-order valence-electron chi connectivity index (χ3n) is 1.72. The molecule has 0 aliphatic rings. The molecule has 13 heavy (non-hydrogen) atoms. The van der Waals surface area contributed by atoms with Gasteiger partial charge in [-0.15, -0.1) is 0 Å². The van der Waals surface area contributed by atoms with Crippen LogP contribution in [0, 0.1) is 0 Å². The molecule has 0 heterocycles. The lowest BCUT2D eigenvalue weighted by atomic mass is 10.1. The number of aromatic hydroxyl groups is 1. The van der Waals surface area contributed by atoms with Gasteiger partial charge in [-0.3, -0.25) is 4.99 Å². The van der Waals surface area contributed by atoms with Gasteiger partial charge in [0.1, 0.15) is 17.3 Å². The number of hydrogen-bond acceptors (Lipinski definition) is 3. The van der Waals surface area contributed by atoms with Crippen LogP contribution in [0.2, 0.25) is 0 Å². The summed E-state index contributed by atoms with van der Waals surface area (Å²) in [7, 11) is 3.07. The fourth-order valence-corrected chi connectivity index (χ4v) is 1.06. The lowest BCUT2D eigenvalue weighted by Crippen LogP contribution is -2.14. The molecule has 0 aliphatic heterocycles. The van der Waals surface area contributed by atoms with E-state index in [2.05, 4.69) is 4.99 Å². The zero-order valence-electron chi connectivity index (χ0n) is 7.61. The summed E-state index contributed by atoms with van der Waals surface area (Å²) < 4.78 is 5.03. The average molecular weight is 180 g/mol. The largest absolute Gasteiger partial charge is 0.507 e. The maximum absolute atomic E-state index is 9.48. The highest BCUT2D eigenvalue weighted by Gasteiger charge is 2.10. The van der Waals surface area contributed by atoms with Crippen molar-refractivity contribution < 1.29 is 9.84 Å². The van der Waals surface area contributed by atoms with Crippen molar-refractivity contribution in [2.24, 2.45) is 10.7 Å². The highest BCUT2D eigenvalue weighted by Crippen LogP contribution is 2.26. The van der Waals surface area contributed by atoms with Gasteiger partial charge in [-0.2, -0.15) is 0 Å².